The quantitative estimate of drug-likeness (QED) is 0.644. The Morgan fingerprint density at radius 2 is 1.66 bits per heavy atom. The van der Waals surface area contributed by atoms with Crippen molar-refractivity contribution in [1.29, 1.82) is 0 Å². The number of piperidine rings is 1. The average Bonchev–Trinajstić information content (AvgIpc) is 3.51. The zero-order chi connectivity index (χ0) is 24.7. The third-order valence-electron chi connectivity index (χ3n) is 8.16. The van der Waals surface area contributed by atoms with Crippen LogP contribution in [0.5, 0.6) is 0 Å². The highest BCUT2D eigenvalue weighted by Gasteiger charge is 2.51. The smallest absolute Gasteiger partial charge is 0.270 e. The molecule has 0 radical (unpaired) electrons. The van der Waals surface area contributed by atoms with E-state index >= 15 is 8.78 Å². The second kappa shape index (κ2) is 9.52. The van der Waals surface area contributed by atoms with Crippen molar-refractivity contribution in [2.24, 2.45) is 5.92 Å². The summed E-state index contributed by atoms with van der Waals surface area (Å²) < 4.78 is 32.0. The Bertz CT molecular complexity index is 1080. The molecule has 2 aromatic rings. The summed E-state index contributed by atoms with van der Waals surface area (Å²) >= 11 is 0. The maximum Gasteiger partial charge on any atom is 0.270 e. The summed E-state index contributed by atoms with van der Waals surface area (Å²) in [6.07, 6.45) is 4.40. The molecule has 1 atom stereocenters. The minimum atomic E-state index is -3.11. The van der Waals surface area contributed by atoms with Crippen molar-refractivity contribution in [3.8, 4) is 0 Å². The molecule has 2 aliphatic heterocycles. The van der Waals surface area contributed by atoms with Gasteiger partial charge < -0.3 is 14.4 Å². The van der Waals surface area contributed by atoms with E-state index < -0.39 is 24.2 Å². The molecule has 3 fully saturated rings. The van der Waals surface area contributed by atoms with Crippen LogP contribution in [0.15, 0.2) is 30.3 Å². The number of amides is 2. The summed E-state index contributed by atoms with van der Waals surface area (Å²) in [5.74, 6) is -5.39. The van der Waals surface area contributed by atoms with Crippen molar-refractivity contribution >= 4 is 22.7 Å². The molecule has 0 bridgehead atoms. The number of fused-ring (bicyclic) bond motifs is 1. The van der Waals surface area contributed by atoms with Gasteiger partial charge in [-0.05, 0) is 38.8 Å². The fourth-order valence-electron chi connectivity index (χ4n) is 6.20. The summed E-state index contributed by atoms with van der Waals surface area (Å²) in [7, 11) is 0. The van der Waals surface area contributed by atoms with E-state index in [-0.39, 0.29) is 25.0 Å². The summed E-state index contributed by atoms with van der Waals surface area (Å²) in [5, 5.41) is 0.944. The van der Waals surface area contributed by atoms with E-state index in [1.54, 1.807) is 4.90 Å². The largest absolute Gasteiger partial charge is 0.340 e. The van der Waals surface area contributed by atoms with Crippen LogP contribution in [0.4, 0.5) is 8.78 Å². The number of hydrogen-bond acceptors (Lipinski definition) is 3. The lowest BCUT2D eigenvalue weighted by atomic mass is 9.91. The van der Waals surface area contributed by atoms with Gasteiger partial charge >= 0.3 is 0 Å². The maximum absolute atomic E-state index is 15.0. The first-order valence-corrected chi connectivity index (χ1v) is 13.1. The van der Waals surface area contributed by atoms with E-state index in [4.69, 9.17) is 0 Å². The van der Waals surface area contributed by atoms with E-state index in [0.29, 0.717) is 24.8 Å². The van der Waals surface area contributed by atoms with Gasteiger partial charge in [-0.1, -0.05) is 31.0 Å². The third-order valence-corrected chi connectivity index (χ3v) is 8.16. The maximum atomic E-state index is 15.0. The van der Waals surface area contributed by atoms with Gasteiger partial charge in [-0.15, -0.1) is 0 Å². The van der Waals surface area contributed by atoms with Crippen molar-refractivity contribution in [2.45, 2.75) is 64.0 Å². The van der Waals surface area contributed by atoms with Crippen LogP contribution in [0.25, 0.3) is 10.9 Å². The second-order valence-electron chi connectivity index (χ2n) is 10.7. The molecule has 1 aromatic heterocycles. The molecule has 2 saturated heterocycles. The normalized spacial score (nSPS) is 24.0. The molecule has 1 saturated carbocycles. The average molecular weight is 487 g/mol. The van der Waals surface area contributed by atoms with Crippen molar-refractivity contribution in [1.82, 2.24) is 19.3 Å². The second-order valence-corrected chi connectivity index (χ2v) is 10.7. The number of nitrogens with zero attached hydrogens (tertiary/aromatic N) is 4. The number of rotatable bonds is 4. The SMILES string of the molecule is CC(C)n1c(C(=O)N2CCC(F)(F)C(C(=O)N3CCN(C4CCCC4)CC3)C2)cc2ccccc21. The molecule has 0 N–H and O–H groups in total. The molecule has 2 amide bonds. The molecule has 0 spiro atoms. The zero-order valence-electron chi connectivity index (χ0n) is 20.8. The minimum absolute atomic E-state index is 0.0358. The van der Waals surface area contributed by atoms with Gasteiger partial charge in [0, 0.05) is 68.7 Å². The highest BCUT2D eigenvalue weighted by atomic mass is 19.3. The number of hydrogen-bond donors (Lipinski definition) is 0. The van der Waals surface area contributed by atoms with Gasteiger partial charge in [0.05, 0.1) is 0 Å². The first kappa shape index (κ1) is 24.2. The van der Waals surface area contributed by atoms with Crippen LogP contribution in [-0.2, 0) is 4.79 Å². The van der Waals surface area contributed by atoms with E-state index in [0.717, 1.165) is 24.0 Å². The molecule has 1 aliphatic carbocycles. The fourth-order valence-corrected chi connectivity index (χ4v) is 6.20. The molecule has 3 heterocycles. The Kier molecular flexibility index (Phi) is 6.59. The number of alkyl halides is 2. The van der Waals surface area contributed by atoms with Crippen LogP contribution in [0.3, 0.4) is 0 Å². The molecule has 35 heavy (non-hydrogen) atoms. The highest BCUT2D eigenvalue weighted by Crippen LogP contribution is 2.36. The van der Waals surface area contributed by atoms with Crippen LogP contribution < -0.4 is 0 Å². The number of benzene rings is 1. The van der Waals surface area contributed by atoms with Crippen LogP contribution >= 0.6 is 0 Å². The van der Waals surface area contributed by atoms with Crippen LogP contribution in [0, 0.1) is 5.92 Å². The van der Waals surface area contributed by atoms with E-state index in [1.807, 2.05) is 48.7 Å². The Morgan fingerprint density at radius 1 is 0.971 bits per heavy atom. The predicted octanol–water partition coefficient (Wildman–Crippen LogP) is 4.41. The molecule has 1 aromatic carbocycles. The highest BCUT2D eigenvalue weighted by molar-refractivity contribution is 5.99. The number of carbonyl (C=O) groups excluding carboxylic acids is 2. The van der Waals surface area contributed by atoms with Gasteiger partial charge in [-0.25, -0.2) is 8.78 Å². The Balaban J connectivity index is 1.32. The fraction of sp³-hybridized carbons (Fsp3) is 0.630. The zero-order valence-corrected chi connectivity index (χ0v) is 20.8. The first-order valence-electron chi connectivity index (χ1n) is 13.1. The Morgan fingerprint density at radius 3 is 2.34 bits per heavy atom. The molecule has 6 nitrogen and oxygen atoms in total. The lowest BCUT2D eigenvalue weighted by molar-refractivity contribution is -0.160. The molecule has 5 rings (SSSR count). The topological polar surface area (TPSA) is 48.8 Å². The van der Waals surface area contributed by atoms with Crippen molar-refractivity contribution in [3.05, 3.63) is 36.0 Å². The third kappa shape index (κ3) is 4.57. The van der Waals surface area contributed by atoms with Gasteiger partial charge in [-0.3, -0.25) is 14.5 Å². The number of piperazine rings is 1. The lowest BCUT2D eigenvalue weighted by Crippen LogP contribution is -2.59. The van der Waals surface area contributed by atoms with Gasteiger partial charge in [0.1, 0.15) is 11.6 Å². The number of para-hydroxylation sites is 1. The Hall–Kier alpha value is -2.48. The molecular weight excluding hydrogens is 450 g/mol. The number of halogens is 2. The van der Waals surface area contributed by atoms with E-state index in [9.17, 15) is 9.59 Å². The Labute approximate surface area is 205 Å². The van der Waals surface area contributed by atoms with Gasteiger partial charge in [0.15, 0.2) is 0 Å². The van der Waals surface area contributed by atoms with Crippen molar-refractivity contribution in [3.63, 3.8) is 0 Å². The van der Waals surface area contributed by atoms with Crippen LogP contribution in [0.2, 0.25) is 0 Å². The first-order chi connectivity index (χ1) is 16.8. The van der Waals surface area contributed by atoms with Crippen LogP contribution in [0.1, 0.15) is 62.5 Å². The van der Waals surface area contributed by atoms with Crippen LogP contribution in [-0.4, -0.2) is 82.3 Å². The number of aromatic nitrogens is 1. The van der Waals surface area contributed by atoms with E-state index in [1.165, 1.54) is 30.6 Å². The van der Waals surface area contributed by atoms with Crippen molar-refractivity contribution in [2.75, 3.05) is 39.3 Å². The summed E-state index contributed by atoms with van der Waals surface area (Å²) in [5.41, 5.74) is 1.43. The predicted molar refractivity (Wildman–Crippen MR) is 132 cm³/mol. The molecule has 190 valence electrons. The van der Waals surface area contributed by atoms with Gasteiger partial charge in [-0.2, -0.15) is 0 Å². The number of carbonyl (C=O) groups is 2. The molecule has 3 aliphatic rings. The standard InChI is InChI=1S/C27H36F2N4O2/c1-19(2)33-23-10-6-3-7-20(23)17-24(33)26(35)32-12-11-27(28,29)22(18-32)25(34)31-15-13-30(14-16-31)21-8-4-5-9-21/h3,6-7,10,17,19,21-22H,4-5,8-9,11-16,18H2,1-2H3. The summed E-state index contributed by atoms with van der Waals surface area (Å²) in [4.78, 5) is 32.3. The molecular formula is C27H36F2N4O2. The number of likely N-dealkylation sites (tertiary alicyclic amines) is 1. The van der Waals surface area contributed by atoms with Gasteiger partial charge in [0.2, 0.25) is 5.91 Å². The minimum Gasteiger partial charge on any atom is -0.340 e. The van der Waals surface area contributed by atoms with E-state index in [2.05, 4.69) is 4.90 Å². The monoisotopic (exact) mass is 486 g/mol. The summed E-state index contributed by atoms with van der Waals surface area (Å²) in [6, 6.07) is 10.2. The van der Waals surface area contributed by atoms with Crippen molar-refractivity contribution < 1.29 is 18.4 Å². The lowest BCUT2D eigenvalue weighted by Gasteiger charge is -2.43. The summed E-state index contributed by atoms with van der Waals surface area (Å²) in [6.45, 7) is 6.17. The van der Waals surface area contributed by atoms with Gasteiger partial charge in [0.25, 0.3) is 11.8 Å². The molecule has 1 unspecified atom stereocenters. The molecule has 8 heteroatoms.